The van der Waals surface area contributed by atoms with E-state index in [1.807, 2.05) is 49.9 Å². The van der Waals surface area contributed by atoms with Gasteiger partial charge in [-0.3, -0.25) is 9.59 Å². The second-order valence-corrected chi connectivity index (χ2v) is 7.22. The molecule has 1 heterocycles. The van der Waals surface area contributed by atoms with Crippen LogP contribution in [0.25, 0.3) is 0 Å². The fourth-order valence-electron chi connectivity index (χ4n) is 3.33. The second-order valence-electron chi connectivity index (χ2n) is 7.22. The first-order valence-corrected chi connectivity index (χ1v) is 9.73. The Balaban J connectivity index is 1.85. The van der Waals surface area contributed by atoms with Gasteiger partial charge in [-0.15, -0.1) is 0 Å². The Morgan fingerprint density at radius 3 is 2.41 bits per heavy atom. The lowest BCUT2D eigenvalue weighted by molar-refractivity contribution is -0.882. The Morgan fingerprint density at radius 1 is 1.15 bits per heavy atom. The summed E-state index contributed by atoms with van der Waals surface area (Å²) in [6, 6.07) is 8.08. The predicted octanol–water partition coefficient (Wildman–Crippen LogP) is -0.227. The highest BCUT2D eigenvalue weighted by molar-refractivity contribution is 5.79. The van der Waals surface area contributed by atoms with E-state index in [4.69, 9.17) is 4.74 Å². The van der Waals surface area contributed by atoms with Crippen molar-refractivity contribution in [3.63, 3.8) is 0 Å². The summed E-state index contributed by atoms with van der Waals surface area (Å²) in [5.74, 6) is 0.967. The fraction of sp³-hybridized carbons (Fsp3) is 0.600. The van der Waals surface area contributed by atoms with Crippen molar-refractivity contribution in [2.45, 2.75) is 26.8 Å². The molecular weight excluding hydrogens is 344 g/mol. The van der Waals surface area contributed by atoms with Crippen LogP contribution in [-0.2, 0) is 9.59 Å². The molecule has 1 aromatic carbocycles. The Hall–Kier alpha value is -2.28. The molecule has 0 bridgehead atoms. The van der Waals surface area contributed by atoms with Crippen LogP contribution in [0.3, 0.4) is 0 Å². The highest BCUT2D eigenvalue weighted by atomic mass is 16.5. The first-order valence-electron chi connectivity index (χ1n) is 9.73. The average Bonchev–Trinajstić information content (AvgIpc) is 2.66. The van der Waals surface area contributed by atoms with Crippen LogP contribution in [0.5, 0.6) is 5.75 Å². The van der Waals surface area contributed by atoms with Gasteiger partial charge in [0.1, 0.15) is 5.75 Å². The number of amides is 2. The number of nitrogens with zero attached hydrogens (tertiary/aromatic N) is 2. The van der Waals surface area contributed by atoms with Crippen LogP contribution in [-0.4, -0.2) is 75.7 Å². The number of methoxy groups -OCH3 is 1. The number of carbonyl (C=O) groups excluding carboxylic acids is 2. The van der Waals surface area contributed by atoms with E-state index in [0.717, 1.165) is 36.0 Å². The van der Waals surface area contributed by atoms with Gasteiger partial charge in [-0.25, -0.2) is 0 Å². The van der Waals surface area contributed by atoms with E-state index in [9.17, 15) is 9.59 Å². The molecule has 2 N–H and O–H groups in total. The second kappa shape index (κ2) is 10.2. The molecule has 7 heteroatoms. The van der Waals surface area contributed by atoms with Crippen LogP contribution in [0, 0.1) is 0 Å². The van der Waals surface area contributed by atoms with E-state index < -0.39 is 0 Å². The number of likely N-dealkylation sites (N-methyl/N-ethyl adjacent to an activating group) is 1. The maximum Gasteiger partial charge on any atom is 0.277 e. The standard InChI is InChI=1S/C20H32N4O3/c1-5-22(14-19(25)21-16(2)3)15-20(26)24-12-10-23(11-13-24)17-8-6-7-9-18(17)27-4/h6-9,16H,5,10-15H2,1-4H3,(H,21,25)/p+1. The molecule has 0 aromatic heterocycles. The molecule has 1 fully saturated rings. The molecule has 1 atom stereocenters. The lowest BCUT2D eigenvalue weighted by atomic mass is 10.2. The summed E-state index contributed by atoms with van der Waals surface area (Å²) in [7, 11) is 1.68. The number of piperazine rings is 1. The van der Waals surface area contributed by atoms with Crippen molar-refractivity contribution < 1.29 is 19.2 Å². The molecule has 7 nitrogen and oxygen atoms in total. The van der Waals surface area contributed by atoms with Crippen molar-refractivity contribution in [2.75, 3.05) is 57.8 Å². The van der Waals surface area contributed by atoms with E-state index in [-0.39, 0.29) is 17.9 Å². The van der Waals surface area contributed by atoms with Crippen molar-refractivity contribution >= 4 is 17.5 Å². The first-order chi connectivity index (χ1) is 12.9. The van der Waals surface area contributed by atoms with Crippen LogP contribution in [0.4, 0.5) is 5.69 Å². The van der Waals surface area contributed by atoms with E-state index in [2.05, 4.69) is 10.2 Å². The van der Waals surface area contributed by atoms with Gasteiger partial charge < -0.3 is 24.8 Å². The maximum absolute atomic E-state index is 12.7. The number of benzene rings is 1. The van der Waals surface area contributed by atoms with Gasteiger partial charge in [-0.2, -0.15) is 0 Å². The molecule has 2 amide bonds. The monoisotopic (exact) mass is 377 g/mol. The zero-order valence-corrected chi connectivity index (χ0v) is 17.0. The number of nitrogens with one attached hydrogen (secondary N) is 2. The molecular formula is C20H33N4O3+. The SMILES string of the molecule is CC[NH+](CC(=O)NC(C)C)CC(=O)N1CCN(c2ccccc2OC)CC1. The molecule has 1 aliphatic rings. The minimum atomic E-state index is -0.00404. The Morgan fingerprint density at radius 2 is 1.81 bits per heavy atom. The van der Waals surface area contributed by atoms with Crippen LogP contribution in [0.2, 0.25) is 0 Å². The lowest BCUT2D eigenvalue weighted by Crippen LogP contribution is -3.14. The maximum atomic E-state index is 12.7. The molecule has 1 saturated heterocycles. The number of ether oxygens (including phenoxy) is 1. The molecule has 0 saturated carbocycles. The smallest absolute Gasteiger partial charge is 0.277 e. The predicted molar refractivity (Wildman–Crippen MR) is 106 cm³/mol. The van der Waals surface area contributed by atoms with E-state index in [1.165, 1.54) is 0 Å². The van der Waals surface area contributed by atoms with Crippen molar-refractivity contribution in [3.05, 3.63) is 24.3 Å². The topological polar surface area (TPSA) is 66.3 Å². The van der Waals surface area contributed by atoms with Gasteiger partial charge in [0.15, 0.2) is 13.1 Å². The van der Waals surface area contributed by atoms with Crippen molar-refractivity contribution in [3.8, 4) is 5.75 Å². The number of hydrogen-bond acceptors (Lipinski definition) is 4. The van der Waals surface area contributed by atoms with Crippen LogP contribution in [0.1, 0.15) is 20.8 Å². The van der Waals surface area contributed by atoms with Crippen LogP contribution < -0.4 is 19.9 Å². The zero-order chi connectivity index (χ0) is 19.8. The van der Waals surface area contributed by atoms with Crippen LogP contribution >= 0.6 is 0 Å². The largest absolute Gasteiger partial charge is 0.495 e. The zero-order valence-electron chi connectivity index (χ0n) is 17.0. The molecule has 150 valence electrons. The molecule has 0 spiro atoms. The lowest BCUT2D eigenvalue weighted by Gasteiger charge is -2.36. The van der Waals surface area contributed by atoms with Crippen LogP contribution in [0.15, 0.2) is 24.3 Å². The van der Waals surface area contributed by atoms with Gasteiger partial charge in [0.05, 0.1) is 19.3 Å². The molecule has 0 aliphatic carbocycles. The van der Waals surface area contributed by atoms with Gasteiger partial charge in [0.25, 0.3) is 11.8 Å². The molecule has 27 heavy (non-hydrogen) atoms. The molecule has 1 unspecified atom stereocenters. The number of anilines is 1. The quantitative estimate of drug-likeness (QED) is 0.657. The fourth-order valence-corrected chi connectivity index (χ4v) is 3.33. The Labute approximate surface area is 162 Å². The number of carbonyl (C=O) groups is 2. The Bertz CT molecular complexity index is 627. The number of hydrogen-bond donors (Lipinski definition) is 2. The minimum absolute atomic E-state index is 0.00404. The van der Waals surface area contributed by atoms with E-state index >= 15 is 0 Å². The molecule has 1 aromatic rings. The highest BCUT2D eigenvalue weighted by Crippen LogP contribution is 2.28. The number of para-hydroxylation sites is 2. The highest BCUT2D eigenvalue weighted by Gasteiger charge is 2.26. The molecule has 2 rings (SSSR count). The summed E-state index contributed by atoms with van der Waals surface area (Å²) < 4.78 is 5.44. The molecule has 1 aliphatic heterocycles. The third kappa shape index (κ3) is 6.13. The average molecular weight is 378 g/mol. The van der Waals surface area contributed by atoms with Crippen molar-refractivity contribution in [1.82, 2.24) is 10.2 Å². The van der Waals surface area contributed by atoms with E-state index in [1.54, 1.807) is 7.11 Å². The Kier molecular flexibility index (Phi) is 7.91. The third-order valence-corrected chi connectivity index (χ3v) is 4.82. The third-order valence-electron chi connectivity index (χ3n) is 4.82. The van der Waals surface area contributed by atoms with Gasteiger partial charge in [-0.1, -0.05) is 12.1 Å². The minimum Gasteiger partial charge on any atom is -0.495 e. The van der Waals surface area contributed by atoms with Gasteiger partial charge in [0.2, 0.25) is 0 Å². The summed E-state index contributed by atoms with van der Waals surface area (Å²) in [5.41, 5.74) is 1.07. The number of rotatable bonds is 8. The van der Waals surface area contributed by atoms with Crippen molar-refractivity contribution in [1.29, 1.82) is 0 Å². The number of quaternary nitrogens is 1. The van der Waals surface area contributed by atoms with Crippen molar-refractivity contribution in [2.24, 2.45) is 0 Å². The van der Waals surface area contributed by atoms with Gasteiger partial charge >= 0.3 is 0 Å². The van der Waals surface area contributed by atoms with Gasteiger partial charge in [-0.05, 0) is 32.9 Å². The summed E-state index contributed by atoms with van der Waals surface area (Å²) in [6.45, 7) is 10.3. The normalized spacial score (nSPS) is 15.6. The summed E-state index contributed by atoms with van der Waals surface area (Å²) in [4.78, 5) is 29.8. The first kappa shape index (κ1) is 21.0. The van der Waals surface area contributed by atoms with Gasteiger partial charge in [0, 0.05) is 32.2 Å². The summed E-state index contributed by atoms with van der Waals surface area (Å²) in [5, 5.41) is 2.89. The summed E-state index contributed by atoms with van der Waals surface area (Å²) in [6.07, 6.45) is 0. The van der Waals surface area contributed by atoms with E-state index in [0.29, 0.717) is 26.2 Å². The summed E-state index contributed by atoms with van der Waals surface area (Å²) >= 11 is 0. The molecule has 0 radical (unpaired) electrons.